The molecule has 2 saturated heterocycles. The van der Waals surface area contributed by atoms with Gasteiger partial charge in [-0.25, -0.2) is 0 Å². The van der Waals surface area contributed by atoms with E-state index in [2.05, 4.69) is 41.4 Å². The Labute approximate surface area is 158 Å². The summed E-state index contributed by atoms with van der Waals surface area (Å²) in [5, 5.41) is 3.09. The van der Waals surface area contributed by atoms with Crippen LogP contribution < -0.4 is 20.0 Å². The summed E-state index contributed by atoms with van der Waals surface area (Å²) in [6.45, 7) is 11.0. The van der Waals surface area contributed by atoms with Crippen molar-refractivity contribution >= 4 is 17.3 Å². The number of quaternary nitrogens is 2. The van der Waals surface area contributed by atoms with E-state index in [0.29, 0.717) is 6.54 Å². The van der Waals surface area contributed by atoms with Gasteiger partial charge in [-0.2, -0.15) is 0 Å². The highest BCUT2D eigenvalue weighted by atomic mass is 16.2. The monoisotopic (exact) mass is 360 g/mol. The van der Waals surface area contributed by atoms with Crippen molar-refractivity contribution in [2.45, 2.75) is 39.0 Å². The average molecular weight is 361 g/mol. The van der Waals surface area contributed by atoms with Gasteiger partial charge in [0.25, 0.3) is 5.91 Å². The number of carbonyl (C=O) groups is 1. The molecular weight excluding hydrogens is 324 g/mol. The number of piperazine rings is 1. The molecule has 2 aliphatic rings. The lowest BCUT2D eigenvalue weighted by Gasteiger charge is -2.33. The van der Waals surface area contributed by atoms with E-state index in [9.17, 15) is 4.79 Å². The molecular formula is C21H36N4O+2. The minimum Gasteiger partial charge on any atom is -0.360 e. The van der Waals surface area contributed by atoms with Crippen molar-refractivity contribution < 1.29 is 14.6 Å². The Morgan fingerprint density at radius 3 is 2.15 bits per heavy atom. The number of carbonyl (C=O) groups excluding carboxylic acids is 1. The quantitative estimate of drug-likeness (QED) is 0.702. The first-order valence-corrected chi connectivity index (χ1v) is 10.6. The number of nitrogens with one attached hydrogen (secondary N) is 3. The SMILES string of the molecule is CC[NH+]1CCN(c2ccc(NC(=O)C[NH+]3CCCCCCC3)cc2)CC1. The molecule has 0 aromatic heterocycles. The summed E-state index contributed by atoms with van der Waals surface area (Å²) in [6, 6.07) is 8.40. The lowest BCUT2D eigenvalue weighted by Crippen LogP contribution is -3.14. The Hall–Kier alpha value is -1.59. The lowest BCUT2D eigenvalue weighted by atomic mass is 10.1. The van der Waals surface area contributed by atoms with E-state index in [1.165, 1.54) is 62.3 Å². The first-order chi connectivity index (χ1) is 12.7. The van der Waals surface area contributed by atoms with Gasteiger partial charge in [-0.05, 0) is 56.9 Å². The Balaban J connectivity index is 1.46. The van der Waals surface area contributed by atoms with Crippen molar-refractivity contribution in [3.63, 3.8) is 0 Å². The molecule has 2 fully saturated rings. The smallest absolute Gasteiger partial charge is 0.279 e. The number of anilines is 2. The van der Waals surface area contributed by atoms with Crippen LogP contribution in [0.15, 0.2) is 24.3 Å². The summed E-state index contributed by atoms with van der Waals surface area (Å²) in [5.41, 5.74) is 2.19. The lowest BCUT2D eigenvalue weighted by molar-refractivity contribution is -0.898. The number of hydrogen-bond acceptors (Lipinski definition) is 2. The van der Waals surface area contributed by atoms with Crippen LogP contribution >= 0.6 is 0 Å². The molecule has 0 radical (unpaired) electrons. The molecule has 0 unspecified atom stereocenters. The van der Waals surface area contributed by atoms with Crippen molar-refractivity contribution in [2.24, 2.45) is 0 Å². The van der Waals surface area contributed by atoms with E-state index < -0.39 is 0 Å². The van der Waals surface area contributed by atoms with Gasteiger partial charge >= 0.3 is 0 Å². The largest absolute Gasteiger partial charge is 0.360 e. The molecule has 5 nitrogen and oxygen atoms in total. The molecule has 5 heteroatoms. The number of nitrogens with zero attached hydrogens (tertiary/aromatic N) is 1. The Morgan fingerprint density at radius 2 is 1.54 bits per heavy atom. The van der Waals surface area contributed by atoms with Gasteiger partial charge < -0.3 is 20.0 Å². The minimum atomic E-state index is 0.147. The molecule has 0 atom stereocenters. The molecule has 2 aliphatic heterocycles. The van der Waals surface area contributed by atoms with Gasteiger partial charge in [0.05, 0.1) is 45.8 Å². The second-order valence-electron chi connectivity index (χ2n) is 7.88. The minimum absolute atomic E-state index is 0.147. The Kier molecular flexibility index (Phi) is 7.32. The third kappa shape index (κ3) is 5.71. The van der Waals surface area contributed by atoms with Crippen LogP contribution in [-0.2, 0) is 4.79 Å². The zero-order chi connectivity index (χ0) is 18.2. The van der Waals surface area contributed by atoms with Crippen LogP contribution in [0, 0.1) is 0 Å². The maximum atomic E-state index is 12.4. The standard InChI is InChI=1S/C21H34N4O/c1-2-23-14-16-25(17-15-23)20-10-8-19(9-11-20)22-21(26)18-24-12-6-4-3-5-7-13-24/h8-11H,2-7,12-18H2,1H3,(H,22,26)/p+2. The third-order valence-electron chi connectivity index (χ3n) is 5.96. The first-order valence-electron chi connectivity index (χ1n) is 10.6. The number of likely N-dealkylation sites (tertiary alicyclic amines) is 1. The number of amides is 1. The van der Waals surface area contributed by atoms with E-state index in [-0.39, 0.29) is 5.91 Å². The predicted molar refractivity (Wildman–Crippen MR) is 107 cm³/mol. The first kappa shape index (κ1) is 19.2. The van der Waals surface area contributed by atoms with Crippen molar-refractivity contribution in [2.75, 3.05) is 62.6 Å². The van der Waals surface area contributed by atoms with Crippen LogP contribution in [0.2, 0.25) is 0 Å². The third-order valence-corrected chi connectivity index (χ3v) is 5.96. The van der Waals surface area contributed by atoms with Crippen LogP contribution in [-0.4, -0.2) is 58.3 Å². The summed E-state index contributed by atoms with van der Waals surface area (Å²) in [4.78, 5) is 18.0. The van der Waals surface area contributed by atoms with Gasteiger partial charge in [0.1, 0.15) is 0 Å². The van der Waals surface area contributed by atoms with Crippen molar-refractivity contribution in [3.8, 4) is 0 Å². The maximum absolute atomic E-state index is 12.4. The van der Waals surface area contributed by atoms with Crippen LogP contribution in [0.1, 0.15) is 39.0 Å². The zero-order valence-electron chi connectivity index (χ0n) is 16.4. The Bertz CT molecular complexity index is 544. The van der Waals surface area contributed by atoms with Crippen LogP contribution in [0.4, 0.5) is 11.4 Å². The molecule has 0 spiro atoms. The highest BCUT2D eigenvalue weighted by Crippen LogP contribution is 2.17. The molecule has 0 aliphatic carbocycles. The van der Waals surface area contributed by atoms with Gasteiger partial charge in [0.2, 0.25) is 0 Å². The topological polar surface area (TPSA) is 41.2 Å². The zero-order valence-corrected chi connectivity index (χ0v) is 16.4. The summed E-state index contributed by atoms with van der Waals surface area (Å²) in [5.74, 6) is 0.147. The number of benzene rings is 1. The van der Waals surface area contributed by atoms with E-state index in [1.807, 2.05) is 0 Å². The fourth-order valence-electron chi connectivity index (χ4n) is 4.20. The number of hydrogen-bond donors (Lipinski definition) is 3. The molecule has 1 amide bonds. The normalized spacial score (nSPS) is 20.4. The summed E-state index contributed by atoms with van der Waals surface area (Å²) >= 11 is 0. The van der Waals surface area contributed by atoms with Crippen molar-refractivity contribution in [1.29, 1.82) is 0 Å². The average Bonchev–Trinajstić information content (AvgIpc) is 2.64. The summed E-state index contributed by atoms with van der Waals surface area (Å²) < 4.78 is 0. The molecule has 26 heavy (non-hydrogen) atoms. The maximum Gasteiger partial charge on any atom is 0.279 e. The van der Waals surface area contributed by atoms with E-state index in [4.69, 9.17) is 0 Å². The van der Waals surface area contributed by atoms with Crippen LogP contribution in [0.5, 0.6) is 0 Å². The molecule has 1 aromatic carbocycles. The Morgan fingerprint density at radius 1 is 0.923 bits per heavy atom. The van der Waals surface area contributed by atoms with Gasteiger partial charge in [0.15, 0.2) is 6.54 Å². The molecule has 0 bridgehead atoms. The van der Waals surface area contributed by atoms with Crippen molar-refractivity contribution in [3.05, 3.63) is 24.3 Å². The summed E-state index contributed by atoms with van der Waals surface area (Å²) in [7, 11) is 0. The molecule has 3 rings (SSSR count). The highest BCUT2D eigenvalue weighted by Gasteiger charge is 2.19. The van der Waals surface area contributed by atoms with E-state index in [0.717, 1.165) is 31.9 Å². The van der Waals surface area contributed by atoms with Crippen LogP contribution in [0.3, 0.4) is 0 Å². The second kappa shape index (κ2) is 9.93. The molecule has 1 aromatic rings. The number of rotatable bonds is 5. The van der Waals surface area contributed by atoms with E-state index in [1.54, 1.807) is 4.90 Å². The molecule has 0 saturated carbocycles. The van der Waals surface area contributed by atoms with Gasteiger partial charge in [0, 0.05) is 11.4 Å². The number of likely N-dealkylation sites (N-methyl/N-ethyl adjacent to an activating group) is 1. The van der Waals surface area contributed by atoms with Gasteiger partial charge in [-0.1, -0.05) is 6.42 Å². The highest BCUT2D eigenvalue weighted by molar-refractivity contribution is 5.91. The van der Waals surface area contributed by atoms with E-state index >= 15 is 0 Å². The summed E-state index contributed by atoms with van der Waals surface area (Å²) in [6.07, 6.45) is 6.51. The predicted octanol–water partition coefficient (Wildman–Crippen LogP) is 0.199. The van der Waals surface area contributed by atoms with Gasteiger partial charge in [-0.15, -0.1) is 0 Å². The van der Waals surface area contributed by atoms with Gasteiger partial charge in [-0.3, -0.25) is 4.79 Å². The molecule has 144 valence electrons. The fourth-order valence-corrected chi connectivity index (χ4v) is 4.20. The van der Waals surface area contributed by atoms with Crippen molar-refractivity contribution in [1.82, 2.24) is 0 Å². The fraction of sp³-hybridized carbons (Fsp3) is 0.667. The second-order valence-corrected chi connectivity index (χ2v) is 7.88. The molecule has 3 N–H and O–H groups in total. The molecule has 2 heterocycles. The van der Waals surface area contributed by atoms with Crippen LogP contribution in [0.25, 0.3) is 0 Å².